The van der Waals surface area contributed by atoms with Gasteiger partial charge in [0.2, 0.25) is 11.8 Å². The molecule has 0 fully saturated rings. The van der Waals surface area contributed by atoms with E-state index in [9.17, 15) is 14.4 Å². The van der Waals surface area contributed by atoms with E-state index in [2.05, 4.69) is 31.8 Å². The van der Waals surface area contributed by atoms with Crippen molar-refractivity contribution in [2.24, 2.45) is 5.10 Å². The minimum atomic E-state index is -0.495. The van der Waals surface area contributed by atoms with E-state index >= 15 is 0 Å². The van der Waals surface area contributed by atoms with Gasteiger partial charge in [0.25, 0.3) is 0 Å². The first-order chi connectivity index (χ1) is 16.3. The summed E-state index contributed by atoms with van der Waals surface area (Å²) < 4.78 is 16.5. The number of rotatable bonds is 12. The van der Waals surface area contributed by atoms with Crippen LogP contribution in [0.15, 0.2) is 46.0 Å². The molecule has 0 aliphatic carbocycles. The van der Waals surface area contributed by atoms with Crippen molar-refractivity contribution >= 4 is 57.2 Å². The number of carbonyl (C=O) groups excluding carboxylic acids is 3. The molecule has 0 aromatic heterocycles. The van der Waals surface area contributed by atoms with Crippen molar-refractivity contribution in [3.63, 3.8) is 0 Å². The molecule has 0 heterocycles. The maximum atomic E-state index is 12.0. The first-order valence-corrected chi connectivity index (χ1v) is 11.6. The smallest absolute Gasteiger partial charge is 0.344 e. The van der Waals surface area contributed by atoms with Crippen LogP contribution in [0.1, 0.15) is 32.3 Å². The van der Waals surface area contributed by atoms with Crippen LogP contribution in [0.5, 0.6) is 11.5 Å². The molecule has 0 aliphatic rings. The zero-order valence-corrected chi connectivity index (χ0v) is 21.1. The van der Waals surface area contributed by atoms with Crippen molar-refractivity contribution in [3.05, 3.63) is 51.5 Å². The van der Waals surface area contributed by atoms with Gasteiger partial charge in [-0.1, -0.05) is 23.7 Å². The largest absolute Gasteiger partial charge is 0.490 e. The summed E-state index contributed by atoms with van der Waals surface area (Å²) in [5, 5.41) is 6.99. The maximum absolute atomic E-state index is 12.0. The summed E-state index contributed by atoms with van der Waals surface area (Å²) in [7, 11) is 0. The molecule has 0 unspecified atom stereocenters. The third-order valence-electron chi connectivity index (χ3n) is 4.10. The highest BCUT2D eigenvalue weighted by molar-refractivity contribution is 9.10. The molecule has 11 heteroatoms. The molecular formula is C23H25BrClN3O6. The number of ether oxygens (including phenoxy) is 3. The van der Waals surface area contributed by atoms with E-state index in [4.69, 9.17) is 25.8 Å². The van der Waals surface area contributed by atoms with Gasteiger partial charge < -0.3 is 19.5 Å². The Morgan fingerprint density at radius 1 is 1.06 bits per heavy atom. The molecule has 0 saturated heterocycles. The number of halogens is 2. The SMILES string of the molecule is CCOC(=O)COc1c(Br)cc(C=NNC(=O)CCC(=O)Nc2ccccc2Cl)cc1OCC. The van der Waals surface area contributed by atoms with E-state index in [1.165, 1.54) is 6.21 Å². The van der Waals surface area contributed by atoms with Gasteiger partial charge in [0.05, 0.1) is 34.6 Å². The Kier molecular flexibility index (Phi) is 11.3. The monoisotopic (exact) mass is 553 g/mol. The van der Waals surface area contributed by atoms with E-state index in [0.717, 1.165) is 0 Å². The number of nitrogens with zero attached hydrogens (tertiary/aromatic N) is 1. The molecule has 34 heavy (non-hydrogen) atoms. The molecule has 0 saturated carbocycles. The Balaban J connectivity index is 1.91. The molecule has 0 bridgehead atoms. The maximum Gasteiger partial charge on any atom is 0.344 e. The van der Waals surface area contributed by atoms with E-state index < -0.39 is 11.9 Å². The first-order valence-electron chi connectivity index (χ1n) is 10.4. The number of esters is 1. The molecular weight excluding hydrogens is 530 g/mol. The number of anilines is 1. The fraction of sp³-hybridized carbons (Fsp3) is 0.304. The average molecular weight is 555 g/mol. The van der Waals surface area contributed by atoms with Gasteiger partial charge in [-0.05, 0) is 59.6 Å². The number of hydrazone groups is 1. The zero-order valence-electron chi connectivity index (χ0n) is 18.7. The summed E-state index contributed by atoms with van der Waals surface area (Å²) in [4.78, 5) is 35.6. The highest BCUT2D eigenvalue weighted by atomic mass is 79.9. The molecule has 2 rings (SSSR count). The molecule has 0 radical (unpaired) electrons. The van der Waals surface area contributed by atoms with Crippen LogP contribution in [0.2, 0.25) is 5.02 Å². The van der Waals surface area contributed by atoms with E-state index in [1.807, 2.05) is 6.92 Å². The van der Waals surface area contributed by atoms with Gasteiger partial charge in [-0.3, -0.25) is 9.59 Å². The van der Waals surface area contributed by atoms with Crippen molar-refractivity contribution < 1.29 is 28.6 Å². The molecule has 0 atom stereocenters. The van der Waals surface area contributed by atoms with Gasteiger partial charge in [0.15, 0.2) is 18.1 Å². The lowest BCUT2D eigenvalue weighted by Gasteiger charge is -2.14. The van der Waals surface area contributed by atoms with Gasteiger partial charge in [-0.15, -0.1) is 0 Å². The van der Waals surface area contributed by atoms with Crippen LogP contribution >= 0.6 is 27.5 Å². The van der Waals surface area contributed by atoms with Gasteiger partial charge in [0.1, 0.15) is 0 Å². The average Bonchev–Trinajstić information content (AvgIpc) is 2.79. The molecule has 9 nitrogen and oxygen atoms in total. The van der Waals surface area contributed by atoms with Gasteiger partial charge >= 0.3 is 5.97 Å². The van der Waals surface area contributed by atoms with Crippen molar-refractivity contribution in [1.82, 2.24) is 5.43 Å². The number of hydrogen-bond acceptors (Lipinski definition) is 7. The minimum absolute atomic E-state index is 0.0287. The number of nitrogens with one attached hydrogen (secondary N) is 2. The van der Waals surface area contributed by atoms with Crippen molar-refractivity contribution in [1.29, 1.82) is 0 Å². The predicted octanol–water partition coefficient (Wildman–Crippen LogP) is 4.31. The molecule has 182 valence electrons. The van der Waals surface area contributed by atoms with Crippen LogP contribution in [0.3, 0.4) is 0 Å². The lowest BCUT2D eigenvalue weighted by Crippen LogP contribution is -2.20. The van der Waals surface area contributed by atoms with Crippen LogP contribution in [-0.2, 0) is 19.1 Å². The minimum Gasteiger partial charge on any atom is -0.490 e. The molecule has 0 aliphatic heterocycles. The predicted molar refractivity (Wildman–Crippen MR) is 132 cm³/mol. The summed E-state index contributed by atoms with van der Waals surface area (Å²) in [6, 6.07) is 10.2. The standard InChI is InChI=1S/C23H25BrClN3O6/c1-3-32-19-12-15(11-16(24)23(19)34-14-22(31)33-4-2)13-26-28-21(30)10-9-20(29)27-18-8-6-5-7-17(18)25/h5-8,11-13H,3-4,9-10,14H2,1-2H3,(H,27,29)(H,28,30). The van der Waals surface area contributed by atoms with Gasteiger partial charge in [-0.2, -0.15) is 5.10 Å². The van der Waals surface area contributed by atoms with Crippen molar-refractivity contribution in [2.75, 3.05) is 25.1 Å². The Morgan fingerprint density at radius 2 is 1.79 bits per heavy atom. The Morgan fingerprint density at radius 3 is 2.50 bits per heavy atom. The van der Waals surface area contributed by atoms with Gasteiger partial charge in [0, 0.05) is 12.8 Å². The molecule has 2 aromatic carbocycles. The van der Waals surface area contributed by atoms with E-state index in [0.29, 0.717) is 38.9 Å². The second-order valence-corrected chi connectivity index (χ2v) is 7.94. The molecule has 2 N–H and O–H groups in total. The van der Waals surface area contributed by atoms with Crippen molar-refractivity contribution in [2.45, 2.75) is 26.7 Å². The number of carbonyl (C=O) groups is 3. The topological polar surface area (TPSA) is 115 Å². The fourth-order valence-electron chi connectivity index (χ4n) is 2.64. The first kappa shape index (κ1) is 27.1. The fourth-order valence-corrected chi connectivity index (χ4v) is 3.39. The third-order valence-corrected chi connectivity index (χ3v) is 5.02. The summed E-state index contributed by atoms with van der Waals surface area (Å²) in [6.07, 6.45) is 1.34. The summed E-state index contributed by atoms with van der Waals surface area (Å²) in [5.74, 6) is -0.517. The Bertz CT molecular complexity index is 1050. The summed E-state index contributed by atoms with van der Waals surface area (Å²) in [6.45, 7) is 3.89. The second kappa shape index (κ2) is 14.2. The van der Waals surface area contributed by atoms with Crippen LogP contribution < -0.4 is 20.2 Å². The third kappa shape index (κ3) is 9.03. The molecule has 2 aromatic rings. The van der Waals surface area contributed by atoms with Crippen LogP contribution in [0.4, 0.5) is 5.69 Å². The van der Waals surface area contributed by atoms with E-state index in [-0.39, 0.29) is 32.0 Å². The lowest BCUT2D eigenvalue weighted by molar-refractivity contribution is -0.145. The highest BCUT2D eigenvalue weighted by Gasteiger charge is 2.14. The van der Waals surface area contributed by atoms with E-state index in [1.54, 1.807) is 43.3 Å². The normalized spacial score (nSPS) is 10.6. The quantitative estimate of drug-likeness (QED) is 0.229. The number of benzene rings is 2. The van der Waals surface area contributed by atoms with Crippen LogP contribution in [0.25, 0.3) is 0 Å². The van der Waals surface area contributed by atoms with Crippen molar-refractivity contribution in [3.8, 4) is 11.5 Å². The molecule has 2 amide bonds. The zero-order chi connectivity index (χ0) is 24.9. The number of amides is 2. The van der Waals surface area contributed by atoms with Crippen LogP contribution in [0, 0.1) is 0 Å². The second-order valence-electron chi connectivity index (χ2n) is 6.68. The number of para-hydroxylation sites is 1. The Labute approximate surface area is 210 Å². The molecule has 0 spiro atoms. The summed E-state index contributed by atoms with van der Waals surface area (Å²) in [5.41, 5.74) is 3.47. The number of hydrogen-bond donors (Lipinski definition) is 2. The van der Waals surface area contributed by atoms with Gasteiger partial charge in [-0.25, -0.2) is 10.2 Å². The van der Waals surface area contributed by atoms with Crippen LogP contribution in [-0.4, -0.2) is 43.8 Å². The Hall–Kier alpha value is -3.11. The lowest BCUT2D eigenvalue weighted by atomic mass is 10.2. The summed E-state index contributed by atoms with van der Waals surface area (Å²) >= 11 is 9.39. The highest BCUT2D eigenvalue weighted by Crippen LogP contribution is 2.36.